The van der Waals surface area contributed by atoms with Crippen LogP contribution in [0.4, 0.5) is 5.69 Å². The van der Waals surface area contributed by atoms with Gasteiger partial charge in [0.15, 0.2) is 0 Å². The van der Waals surface area contributed by atoms with Crippen LogP contribution in [0.15, 0.2) is 66.9 Å². The molecular weight excluding hydrogens is 500 g/mol. The maximum Gasteiger partial charge on any atom is 0.251 e. The zero-order chi connectivity index (χ0) is 27.7. The van der Waals surface area contributed by atoms with Gasteiger partial charge in [-0.3, -0.25) is 9.78 Å². The second-order valence-corrected chi connectivity index (χ2v) is 10.9. The lowest BCUT2D eigenvalue weighted by Crippen LogP contribution is -2.44. The van der Waals surface area contributed by atoms with Gasteiger partial charge < -0.3 is 19.9 Å². The van der Waals surface area contributed by atoms with E-state index in [-0.39, 0.29) is 12.5 Å². The van der Waals surface area contributed by atoms with E-state index < -0.39 is 5.41 Å². The van der Waals surface area contributed by atoms with Crippen LogP contribution >= 0.6 is 0 Å². The third-order valence-corrected chi connectivity index (χ3v) is 7.93. The molecule has 0 radical (unpaired) electrons. The average molecular weight is 533 g/mol. The molecule has 0 saturated carbocycles. The van der Waals surface area contributed by atoms with Gasteiger partial charge in [0.05, 0.1) is 42.7 Å². The predicted molar refractivity (Wildman–Crippen MR) is 155 cm³/mol. The highest BCUT2D eigenvalue weighted by Gasteiger charge is 2.33. The molecule has 4 heterocycles. The predicted octanol–water partition coefficient (Wildman–Crippen LogP) is 4.29. The van der Waals surface area contributed by atoms with Crippen molar-refractivity contribution in [3.63, 3.8) is 0 Å². The fourth-order valence-electron chi connectivity index (χ4n) is 5.41. The summed E-state index contributed by atoms with van der Waals surface area (Å²) in [7, 11) is 2.16. The third kappa shape index (κ3) is 5.14. The highest BCUT2D eigenvalue weighted by Crippen LogP contribution is 2.32. The Labute approximate surface area is 234 Å². The summed E-state index contributed by atoms with van der Waals surface area (Å²) in [6, 6.07) is 22.4. The van der Waals surface area contributed by atoms with Gasteiger partial charge >= 0.3 is 0 Å². The van der Waals surface area contributed by atoms with Gasteiger partial charge in [-0.1, -0.05) is 18.2 Å². The molecular formula is C32H32N6O2. The molecule has 2 aromatic carbocycles. The number of nitrogens with zero attached hydrogens (tertiary/aromatic N) is 5. The van der Waals surface area contributed by atoms with Gasteiger partial charge in [-0.05, 0) is 67.6 Å². The maximum absolute atomic E-state index is 13.0. The van der Waals surface area contributed by atoms with Crippen LogP contribution in [0.5, 0.6) is 0 Å². The Bertz CT molecular complexity index is 1620. The minimum Gasteiger partial charge on any atom is -0.375 e. The van der Waals surface area contributed by atoms with Crippen LogP contribution in [0.2, 0.25) is 0 Å². The van der Waals surface area contributed by atoms with E-state index in [9.17, 15) is 10.1 Å². The molecule has 6 rings (SSSR count). The highest BCUT2D eigenvalue weighted by atomic mass is 16.5. The lowest BCUT2D eigenvalue weighted by atomic mass is 9.79. The summed E-state index contributed by atoms with van der Waals surface area (Å²) in [5.74, 6) is -0.209. The Morgan fingerprint density at radius 3 is 2.77 bits per heavy atom. The van der Waals surface area contributed by atoms with Gasteiger partial charge in [-0.15, -0.1) is 0 Å². The second-order valence-electron chi connectivity index (χ2n) is 10.9. The molecule has 0 bridgehead atoms. The van der Waals surface area contributed by atoms with Crippen LogP contribution in [-0.4, -0.2) is 60.6 Å². The summed E-state index contributed by atoms with van der Waals surface area (Å²) in [5.41, 5.74) is 6.31. The molecule has 0 aliphatic carbocycles. The van der Waals surface area contributed by atoms with Gasteiger partial charge in [0.1, 0.15) is 5.41 Å². The van der Waals surface area contributed by atoms with E-state index in [0.29, 0.717) is 18.8 Å². The number of hydrogen-bond acceptors (Lipinski definition) is 7. The van der Waals surface area contributed by atoms with E-state index in [0.717, 1.165) is 65.2 Å². The molecule has 1 atom stereocenters. The van der Waals surface area contributed by atoms with Gasteiger partial charge in [-0.2, -0.15) is 5.26 Å². The number of nitriles is 1. The summed E-state index contributed by atoms with van der Waals surface area (Å²) in [6.07, 6.45) is 1.80. The molecule has 4 aromatic rings. The lowest BCUT2D eigenvalue weighted by Gasteiger charge is -2.34. The molecule has 2 aliphatic rings. The highest BCUT2D eigenvalue weighted by molar-refractivity contribution is 5.94. The van der Waals surface area contributed by atoms with Crippen molar-refractivity contribution in [2.24, 2.45) is 0 Å². The van der Waals surface area contributed by atoms with E-state index in [1.54, 1.807) is 12.3 Å². The topological polar surface area (TPSA) is 94.4 Å². The van der Waals surface area contributed by atoms with Gasteiger partial charge in [0.2, 0.25) is 0 Å². The number of fused-ring (bicyclic) bond motifs is 2. The van der Waals surface area contributed by atoms with Gasteiger partial charge in [-0.25, -0.2) is 4.98 Å². The van der Waals surface area contributed by atoms with Crippen LogP contribution in [0, 0.1) is 11.3 Å². The van der Waals surface area contributed by atoms with Crippen LogP contribution in [0.3, 0.4) is 0 Å². The van der Waals surface area contributed by atoms with Crippen molar-refractivity contribution in [2.45, 2.75) is 25.5 Å². The van der Waals surface area contributed by atoms with Gasteiger partial charge in [0.25, 0.3) is 5.91 Å². The maximum atomic E-state index is 13.0. The number of ether oxygens (including phenoxy) is 1. The van der Waals surface area contributed by atoms with Crippen molar-refractivity contribution in [1.82, 2.24) is 20.2 Å². The molecule has 202 valence electrons. The Kier molecular flexibility index (Phi) is 6.93. The van der Waals surface area contributed by atoms with Gasteiger partial charge in [0, 0.05) is 54.6 Å². The summed E-state index contributed by atoms with van der Waals surface area (Å²) in [4.78, 5) is 27.3. The average Bonchev–Trinajstić information content (AvgIpc) is 3.00. The first kappa shape index (κ1) is 25.9. The monoisotopic (exact) mass is 532 g/mol. The van der Waals surface area contributed by atoms with Crippen molar-refractivity contribution < 1.29 is 9.53 Å². The molecule has 1 saturated heterocycles. The van der Waals surface area contributed by atoms with Crippen molar-refractivity contribution in [2.75, 3.05) is 44.7 Å². The number of anilines is 1. The molecule has 8 nitrogen and oxygen atoms in total. The van der Waals surface area contributed by atoms with Crippen molar-refractivity contribution in [3.8, 4) is 17.3 Å². The number of likely N-dealkylation sites (N-methyl/N-ethyl adjacent to an activating group) is 1. The largest absolute Gasteiger partial charge is 0.375 e. The molecule has 0 spiro atoms. The van der Waals surface area contributed by atoms with E-state index >= 15 is 0 Å². The number of pyridine rings is 2. The second kappa shape index (κ2) is 10.7. The Morgan fingerprint density at radius 1 is 1.10 bits per heavy atom. The molecule has 1 fully saturated rings. The number of aromatic nitrogens is 2. The Balaban J connectivity index is 1.18. The minimum atomic E-state index is -0.767. The van der Waals surface area contributed by atoms with E-state index in [1.165, 1.54) is 5.69 Å². The first-order valence-electron chi connectivity index (χ1n) is 13.6. The molecule has 8 heteroatoms. The SMILES string of the molecule is CN1CCN(c2cccc(-c3ccc4cnc(CNC(=O)c5ccc6c(c5)[C@](C)(C#N)COC6)cc4n3)c2)CC1. The van der Waals surface area contributed by atoms with Crippen molar-refractivity contribution >= 4 is 22.5 Å². The van der Waals surface area contributed by atoms with Crippen LogP contribution in [0.1, 0.15) is 34.1 Å². The van der Waals surface area contributed by atoms with Crippen LogP contribution in [0.25, 0.3) is 22.2 Å². The number of hydrogen-bond donors (Lipinski definition) is 1. The van der Waals surface area contributed by atoms with Crippen LogP contribution in [-0.2, 0) is 23.3 Å². The molecule has 1 N–H and O–H groups in total. The number of benzene rings is 2. The minimum absolute atomic E-state index is 0.209. The lowest BCUT2D eigenvalue weighted by molar-refractivity contribution is 0.0757. The molecule has 2 aromatic heterocycles. The molecule has 1 amide bonds. The van der Waals surface area contributed by atoms with E-state index in [1.807, 2.05) is 37.3 Å². The van der Waals surface area contributed by atoms with Crippen LogP contribution < -0.4 is 10.2 Å². The smallest absolute Gasteiger partial charge is 0.251 e. The molecule has 40 heavy (non-hydrogen) atoms. The van der Waals surface area contributed by atoms with E-state index in [4.69, 9.17) is 9.72 Å². The molecule has 0 unspecified atom stereocenters. The van der Waals surface area contributed by atoms with Crippen molar-refractivity contribution in [3.05, 3.63) is 89.2 Å². The number of carbonyl (C=O) groups is 1. The number of piperazine rings is 1. The Hall–Kier alpha value is -4.32. The number of rotatable bonds is 5. The zero-order valence-electron chi connectivity index (χ0n) is 22.9. The van der Waals surface area contributed by atoms with E-state index in [2.05, 4.69) is 57.5 Å². The fourth-order valence-corrected chi connectivity index (χ4v) is 5.41. The summed E-state index contributed by atoms with van der Waals surface area (Å²) in [6.45, 7) is 7.04. The first-order valence-corrected chi connectivity index (χ1v) is 13.6. The number of carbonyl (C=O) groups excluding carboxylic acids is 1. The molecule has 2 aliphatic heterocycles. The summed E-state index contributed by atoms with van der Waals surface area (Å²) < 4.78 is 5.58. The normalized spacial score (nSPS) is 19.2. The Morgan fingerprint density at radius 2 is 1.95 bits per heavy atom. The summed E-state index contributed by atoms with van der Waals surface area (Å²) in [5, 5.41) is 13.6. The zero-order valence-corrected chi connectivity index (χ0v) is 22.9. The number of nitrogens with one attached hydrogen (secondary N) is 1. The third-order valence-electron chi connectivity index (χ3n) is 7.93. The fraction of sp³-hybridized carbons (Fsp3) is 0.312. The van der Waals surface area contributed by atoms with Crippen molar-refractivity contribution in [1.29, 1.82) is 5.26 Å². The summed E-state index contributed by atoms with van der Waals surface area (Å²) >= 11 is 0. The quantitative estimate of drug-likeness (QED) is 0.410. The first-order chi connectivity index (χ1) is 19.4. The standard InChI is InChI=1S/C32H32N6O2/c1-32(20-33)21-40-19-25-7-6-23(15-28(25)32)31(39)35-18-26-16-30-24(17-34-26)8-9-29(36-30)22-4-3-5-27(14-22)38-12-10-37(2)11-13-38/h3-9,14-17H,10-13,18-19,21H2,1-2H3,(H,35,39)/t32-/m1/s1. The number of amides is 1.